The number of rotatable bonds is 6. The summed E-state index contributed by atoms with van der Waals surface area (Å²) in [4.78, 5) is 42.6. The number of thiazole rings is 1. The molecule has 2 aromatic heterocycles. The maximum absolute atomic E-state index is 13.8. The van der Waals surface area contributed by atoms with E-state index in [1.165, 1.54) is 22.8 Å². The Morgan fingerprint density at radius 2 is 2.02 bits per heavy atom. The van der Waals surface area contributed by atoms with Gasteiger partial charge in [-0.1, -0.05) is 29.0 Å². The number of esters is 1. The SMILES string of the molecule is CCOC(=O)C1=C(C)N=c2s/c(=C\c3ccc(-c4cc([N+](=O)[O-])ccc4Cl)o3)c(=O)n2[C@@H]1c1ccc2c(c1)OCO2. The van der Waals surface area contributed by atoms with Crippen LogP contribution in [0.5, 0.6) is 11.5 Å². The van der Waals surface area contributed by atoms with Gasteiger partial charge in [-0.2, -0.15) is 0 Å². The van der Waals surface area contributed by atoms with Crippen molar-refractivity contribution in [3.8, 4) is 22.8 Å². The smallest absolute Gasteiger partial charge is 0.338 e. The van der Waals surface area contributed by atoms with E-state index in [-0.39, 0.29) is 29.7 Å². The van der Waals surface area contributed by atoms with Crippen molar-refractivity contribution in [3.05, 3.63) is 106 Å². The Hall–Kier alpha value is -4.68. The first-order valence-corrected chi connectivity index (χ1v) is 13.6. The predicted molar refractivity (Wildman–Crippen MR) is 149 cm³/mol. The highest BCUT2D eigenvalue weighted by Crippen LogP contribution is 2.38. The van der Waals surface area contributed by atoms with E-state index in [1.54, 1.807) is 50.3 Å². The molecule has 1 atom stereocenters. The first-order chi connectivity index (χ1) is 19.7. The Bertz CT molecular complexity index is 1950. The molecule has 2 aliphatic heterocycles. The summed E-state index contributed by atoms with van der Waals surface area (Å²) < 4.78 is 24.0. The minimum atomic E-state index is -0.821. The average molecular weight is 594 g/mol. The molecule has 0 fully saturated rings. The summed E-state index contributed by atoms with van der Waals surface area (Å²) >= 11 is 7.40. The molecule has 4 aromatic rings. The van der Waals surface area contributed by atoms with Crippen molar-refractivity contribution in [2.45, 2.75) is 19.9 Å². The van der Waals surface area contributed by atoms with Crippen LogP contribution in [0.15, 0.2) is 74.0 Å². The van der Waals surface area contributed by atoms with Crippen LogP contribution in [0.3, 0.4) is 0 Å². The number of furan rings is 1. The summed E-state index contributed by atoms with van der Waals surface area (Å²) in [5, 5.41) is 11.5. The minimum absolute atomic E-state index is 0.0772. The largest absolute Gasteiger partial charge is 0.463 e. The molecule has 2 aliphatic rings. The maximum Gasteiger partial charge on any atom is 0.338 e. The number of nitro benzene ring substituents is 1. The van der Waals surface area contributed by atoms with Gasteiger partial charge >= 0.3 is 5.97 Å². The lowest BCUT2D eigenvalue weighted by atomic mass is 9.95. The summed E-state index contributed by atoms with van der Waals surface area (Å²) in [5.74, 6) is 1.13. The van der Waals surface area contributed by atoms with Gasteiger partial charge in [-0.3, -0.25) is 19.5 Å². The van der Waals surface area contributed by atoms with Gasteiger partial charge in [0.2, 0.25) is 6.79 Å². The normalized spacial score (nSPS) is 16.0. The van der Waals surface area contributed by atoms with Gasteiger partial charge in [0, 0.05) is 23.8 Å². The van der Waals surface area contributed by atoms with Crippen LogP contribution in [0.2, 0.25) is 5.02 Å². The molecule has 0 N–H and O–H groups in total. The highest BCUT2D eigenvalue weighted by Gasteiger charge is 2.34. The number of fused-ring (bicyclic) bond motifs is 2. The summed E-state index contributed by atoms with van der Waals surface area (Å²) in [5.41, 5.74) is 1.12. The van der Waals surface area contributed by atoms with Crippen LogP contribution in [0.4, 0.5) is 5.69 Å². The molecule has 0 amide bonds. The maximum atomic E-state index is 13.8. The summed E-state index contributed by atoms with van der Waals surface area (Å²) in [6.45, 7) is 3.64. The average Bonchev–Trinajstić information content (AvgIpc) is 3.67. The molecule has 41 heavy (non-hydrogen) atoms. The van der Waals surface area contributed by atoms with Crippen LogP contribution in [-0.2, 0) is 9.53 Å². The molecule has 6 rings (SSSR count). The third-order valence-corrected chi connectivity index (χ3v) is 7.87. The van der Waals surface area contributed by atoms with Gasteiger partial charge in [0.25, 0.3) is 11.2 Å². The second-order valence-corrected chi connectivity index (χ2v) is 10.5. The number of aromatic nitrogens is 1. The topological polar surface area (TPSA) is 135 Å². The lowest BCUT2D eigenvalue weighted by Gasteiger charge is -2.24. The zero-order valence-corrected chi connectivity index (χ0v) is 23.2. The van der Waals surface area contributed by atoms with Crippen LogP contribution >= 0.6 is 22.9 Å². The van der Waals surface area contributed by atoms with E-state index in [0.717, 1.165) is 11.3 Å². The summed E-state index contributed by atoms with van der Waals surface area (Å²) in [7, 11) is 0. The highest BCUT2D eigenvalue weighted by molar-refractivity contribution is 7.07. The van der Waals surface area contributed by atoms with Gasteiger partial charge in [-0.15, -0.1) is 0 Å². The fraction of sp³-hybridized carbons (Fsp3) is 0.179. The van der Waals surface area contributed by atoms with Crippen molar-refractivity contribution >= 4 is 40.7 Å². The van der Waals surface area contributed by atoms with Gasteiger partial charge < -0.3 is 18.6 Å². The van der Waals surface area contributed by atoms with Crippen molar-refractivity contribution in [1.82, 2.24) is 4.57 Å². The quantitative estimate of drug-likeness (QED) is 0.183. The Morgan fingerprint density at radius 1 is 1.22 bits per heavy atom. The number of hydrogen-bond acceptors (Lipinski definition) is 10. The molecule has 0 radical (unpaired) electrons. The summed E-state index contributed by atoms with van der Waals surface area (Å²) in [6, 6.07) is 11.7. The summed E-state index contributed by atoms with van der Waals surface area (Å²) in [6.07, 6.45) is 1.55. The van der Waals surface area contributed by atoms with Crippen LogP contribution in [0.25, 0.3) is 17.4 Å². The van der Waals surface area contributed by atoms with Crippen molar-refractivity contribution in [1.29, 1.82) is 0 Å². The predicted octanol–water partition coefficient (Wildman–Crippen LogP) is 4.35. The number of halogens is 1. The van der Waals surface area contributed by atoms with Crippen molar-refractivity contribution in [3.63, 3.8) is 0 Å². The first-order valence-electron chi connectivity index (χ1n) is 12.4. The van der Waals surface area contributed by atoms with E-state index in [1.807, 2.05) is 0 Å². The third-order valence-electron chi connectivity index (χ3n) is 6.56. The van der Waals surface area contributed by atoms with Crippen molar-refractivity contribution in [2.75, 3.05) is 13.4 Å². The molecule has 0 aliphatic carbocycles. The Labute approximate surface area is 240 Å². The van der Waals surface area contributed by atoms with Gasteiger partial charge in [0.1, 0.15) is 11.5 Å². The number of allylic oxidation sites excluding steroid dienone is 1. The number of benzene rings is 2. The molecule has 0 unspecified atom stereocenters. The van der Waals surface area contributed by atoms with Crippen LogP contribution < -0.4 is 24.4 Å². The lowest BCUT2D eigenvalue weighted by molar-refractivity contribution is -0.384. The Balaban J connectivity index is 1.47. The number of carbonyl (C=O) groups excluding carboxylic acids is 1. The van der Waals surface area contributed by atoms with Crippen LogP contribution in [-0.4, -0.2) is 28.9 Å². The van der Waals surface area contributed by atoms with Gasteiger partial charge in [0.05, 0.1) is 38.4 Å². The van der Waals surface area contributed by atoms with E-state index >= 15 is 0 Å². The second kappa shape index (κ2) is 10.4. The van der Waals surface area contributed by atoms with Gasteiger partial charge in [-0.25, -0.2) is 9.79 Å². The molecule has 4 heterocycles. The Kier molecular flexibility index (Phi) is 6.72. The third kappa shape index (κ3) is 4.70. The second-order valence-electron chi connectivity index (χ2n) is 9.04. The van der Waals surface area contributed by atoms with Gasteiger partial charge in [-0.05, 0) is 49.7 Å². The Morgan fingerprint density at radius 3 is 2.80 bits per heavy atom. The number of nitro groups is 1. The molecule has 11 nitrogen and oxygen atoms in total. The van der Waals surface area contributed by atoms with Crippen molar-refractivity contribution in [2.24, 2.45) is 4.99 Å². The van der Waals surface area contributed by atoms with Crippen molar-refractivity contribution < 1.29 is 28.3 Å². The minimum Gasteiger partial charge on any atom is -0.463 e. The highest BCUT2D eigenvalue weighted by atomic mass is 35.5. The molecule has 2 aromatic carbocycles. The zero-order chi connectivity index (χ0) is 28.8. The monoisotopic (exact) mass is 593 g/mol. The van der Waals surface area contributed by atoms with E-state index in [0.29, 0.717) is 49.2 Å². The molecular weight excluding hydrogens is 574 g/mol. The standard InChI is InChI=1S/C28H20ClN3O8S/c1-3-37-27(34)24-14(2)30-28-31(25(24)15-4-8-21-22(10-15)39-13-38-21)26(33)23(41-28)12-17-6-9-20(40-17)18-11-16(32(35)36)5-7-19(18)29/h4-12,25H,3,13H2,1-2H3/b23-12-/t25-/m1/s1. The van der Waals surface area contributed by atoms with E-state index < -0.39 is 22.5 Å². The first kappa shape index (κ1) is 26.5. The fourth-order valence-electron chi connectivity index (χ4n) is 4.71. The number of carbonyl (C=O) groups is 1. The van der Waals surface area contributed by atoms with E-state index in [4.69, 9.17) is 30.2 Å². The molecule has 0 bridgehead atoms. The molecule has 208 valence electrons. The zero-order valence-electron chi connectivity index (χ0n) is 21.6. The molecule has 0 spiro atoms. The number of ether oxygens (including phenoxy) is 3. The van der Waals surface area contributed by atoms with E-state index in [9.17, 15) is 19.7 Å². The fourth-order valence-corrected chi connectivity index (χ4v) is 5.95. The molecular formula is C28H20ClN3O8S. The van der Waals surface area contributed by atoms with Crippen LogP contribution in [0, 0.1) is 10.1 Å². The van der Waals surface area contributed by atoms with Crippen LogP contribution in [0.1, 0.15) is 31.2 Å². The van der Waals surface area contributed by atoms with Gasteiger partial charge in [0.15, 0.2) is 16.3 Å². The molecule has 13 heteroatoms. The lowest BCUT2D eigenvalue weighted by Crippen LogP contribution is -2.39. The van der Waals surface area contributed by atoms with E-state index in [2.05, 4.69) is 4.99 Å². The number of nitrogens with zero attached hydrogens (tertiary/aromatic N) is 3. The number of hydrogen-bond donors (Lipinski definition) is 0. The molecule has 0 saturated carbocycles. The molecule has 0 saturated heterocycles. The number of non-ortho nitro benzene ring substituents is 1.